The Labute approximate surface area is 227 Å². The fourth-order valence-electron chi connectivity index (χ4n) is 4.26. The third-order valence-electron chi connectivity index (χ3n) is 6.27. The molecule has 0 saturated carbocycles. The molecule has 0 radical (unpaired) electrons. The summed E-state index contributed by atoms with van der Waals surface area (Å²) in [5.41, 5.74) is 1.47. The monoisotopic (exact) mass is 556 g/mol. The number of aromatic nitrogens is 5. The molecule has 0 unspecified atom stereocenters. The Hall–Kier alpha value is -3.04. The van der Waals surface area contributed by atoms with E-state index in [1.807, 2.05) is 30.3 Å². The number of carbonyl (C=O) groups excluding carboxylic acids is 1. The standard InChI is InChI=1S/C24H28N8O4S2/c33-22(25-7-8-31-9-13-35-14-10-31)27-23-26-18-2-1-17(15-19(18)38-23)37-24-29-28-20-3-4-21(30-32(20)24)36-16-5-11-34-12-6-16/h1-4,15-16H,5-14H2,(H2,25,26,27,33). The number of amides is 2. The first-order valence-corrected chi connectivity index (χ1v) is 14.2. The summed E-state index contributed by atoms with van der Waals surface area (Å²) in [7, 11) is 0. The van der Waals surface area contributed by atoms with Gasteiger partial charge in [-0.05, 0) is 36.0 Å². The second-order valence-corrected chi connectivity index (χ2v) is 11.0. The number of benzene rings is 1. The van der Waals surface area contributed by atoms with Crippen LogP contribution >= 0.6 is 23.1 Å². The van der Waals surface area contributed by atoms with Crippen LogP contribution in [0.25, 0.3) is 15.9 Å². The molecule has 2 N–H and O–H groups in total. The van der Waals surface area contributed by atoms with Gasteiger partial charge in [-0.3, -0.25) is 10.2 Å². The van der Waals surface area contributed by atoms with Gasteiger partial charge >= 0.3 is 6.03 Å². The summed E-state index contributed by atoms with van der Waals surface area (Å²) >= 11 is 2.89. The number of morpholine rings is 1. The maximum Gasteiger partial charge on any atom is 0.321 e. The third kappa shape index (κ3) is 6.15. The zero-order chi connectivity index (χ0) is 25.7. The number of nitrogens with zero attached hydrogens (tertiary/aromatic N) is 6. The van der Waals surface area contributed by atoms with Gasteiger partial charge in [0.2, 0.25) is 11.0 Å². The van der Waals surface area contributed by atoms with Crippen LogP contribution < -0.4 is 15.4 Å². The number of thiazole rings is 1. The molecule has 6 rings (SSSR count). The van der Waals surface area contributed by atoms with Gasteiger partial charge in [0.15, 0.2) is 10.8 Å². The van der Waals surface area contributed by atoms with Gasteiger partial charge in [-0.1, -0.05) is 11.3 Å². The van der Waals surface area contributed by atoms with E-state index in [0.29, 0.717) is 41.6 Å². The molecular weight excluding hydrogens is 528 g/mol. The molecule has 2 aliphatic rings. The maximum absolute atomic E-state index is 12.3. The van der Waals surface area contributed by atoms with Crippen LogP contribution in [0.5, 0.6) is 5.88 Å². The minimum absolute atomic E-state index is 0.102. The molecule has 2 amide bonds. The average Bonchev–Trinajstić information content (AvgIpc) is 3.52. The highest BCUT2D eigenvalue weighted by Gasteiger charge is 2.18. The van der Waals surface area contributed by atoms with Crippen LogP contribution in [0.1, 0.15) is 12.8 Å². The third-order valence-corrected chi connectivity index (χ3v) is 8.13. The number of nitrogens with one attached hydrogen (secondary N) is 2. The fourth-order valence-corrected chi connectivity index (χ4v) is 6.07. The molecule has 0 aliphatic carbocycles. The number of anilines is 1. The largest absolute Gasteiger partial charge is 0.473 e. The first kappa shape index (κ1) is 25.2. The summed E-state index contributed by atoms with van der Waals surface area (Å²) in [4.78, 5) is 20.1. The number of rotatable bonds is 8. The molecule has 0 atom stereocenters. The molecule has 2 aliphatic heterocycles. The fraction of sp³-hybridized carbons (Fsp3) is 0.458. The lowest BCUT2D eigenvalue weighted by Crippen LogP contribution is -2.42. The molecule has 5 heterocycles. The number of hydrogen-bond donors (Lipinski definition) is 2. The topological polar surface area (TPSA) is 128 Å². The summed E-state index contributed by atoms with van der Waals surface area (Å²) < 4.78 is 19.5. The highest BCUT2D eigenvalue weighted by molar-refractivity contribution is 7.99. The van der Waals surface area contributed by atoms with Crippen molar-refractivity contribution in [3.63, 3.8) is 0 Å². The van der Waals surface area contributed by atoms with Crippen molar-refractivity contribution in [3.8, 4) is 5.88 Å². The van der Waals surface area contributed by atoms with E-state index in [1.165, 1.54) is 23.1 Å². The van der Waals surface area contributed by atoms with Gasteiger partial charge in [0, 0.05) is 50.0 Å². The Bertz CT molecular complexity index is 1400. The SMILES string of the molecule is O=C(NCCN1CCOCC1)Nc1nc2ccc(Sc3nnc4ccc(OC5CCOCC5)nn34)cc2s1. The van der Waals surface area contributed by atoms with Crippen molar-refractivity contribution in [1.29, 1.82) is 0 Å². The van der Waals surface area contributed by atoms with Crippen molar-refractivity contribution in [3.05, 3.63) is 30.3 Å². The van der Waals surface area contributed by atoms with E-state index in [-0.39, 0.29) is 12.1 Å². The van der Waals surface area contributed by atoms with Crippen LogP contribution in [0.3, 0.4) is 0 Å². The van der Waals surface area contributed by atoms with Crippen molar-refractivity contribution < 1.29 is 19.0 Å². The van der Waals surface area contributed by atoms with Gasteiger partial charge in [0.05, 0.1) is 36.6 Å². The van der Waals surface area contributed by atoms with Crippen LogP contribution in [0.4, 0.5) is 9.93 Å². The van der Waals surface area contributed by atoms with Gasteiger partial charge < -0.3 is 19.5 Å². The van der Waals surface area contributed by atoms with E-state index in [0.717, 1.165) is 60.8 Å². The van der Waals surface area contributed by atoms with E-state index in [2.05, 4.69) is 35.8 Å². The second kappa shape index (κ2) is 11.8. The average molecular weight is 557 g/mol. The minimum atomic E-state index is -0.258. The zero-order valence-electron chi connectivity index (χ0n) is 20.7. The maximum atomic E-state index is 12.3. The molecule has 0 spiro atoms. The first-order chi connectivity index (χ1) is 18.7. The number of ether oxygens (including phenoxy) is 3. The summed E-state index contributed by atoms with van der Waals surface area (Å²) in [5.74, 6) is 0.544. The van der Waals surface area contributed by atoms with Crippen LogP contribution in [-0.2, 0) is 9.47 Å². The van der Waals surface area contributed by atoms with Gasteiger partial charge in [-0.25, -0.2) is 9.78 Å². The number of hydrogen-bond acceptors (Lipinski definition) is 11. The highest BCUT2D eigenvalue weighted by atomic mass is 32.2. The Balaban J connectivity index is 1.08. The lowest BCUT2D eigenvalue weighted by atomic mass is 10.2. The molecule has 38 heavy (non-hydrogen) atoms. The Morgan fingerprint density at radius 2 is 1.95 bits per heavy atom. The van der Waals surface area contributed by atoms with Crippen molar-refractivity contribution >= 4 is 50.1 Å². The molecule has 1 aromatic carbocycles. The van der Waals surface area contributed by atoms with Crippen molar-refractivity contribution in [1.82, 2.24) is 35.0 Å². The second-order valence-electron chi connectivity index (χ2n) is 8.94. The molecule has 2 fully saturated rings. The summed E-state index contributed by atoms with van der Waals surface area (Å²) in [6, 6.07) is 9.36. The quantitative estimate of drug-likeness (QED) is 0.334. The van der Waals surface area contributed by atoms with Crippen LogP contribution in [-0.4, -0.2) is 94.4 Å². The molecule has 2 saturated heterocycles. The van der Waals surface area contributed by atoms with Gasteiger partial charge in [-0.15, -0.1) is 15.3 Å². The molecule has 200 valence electrons. The lowest BCUT2D eigenvalue weighted by Gasteiger charge is -2.26. The Morgan fingerprint density at radius 1 is 1.11 bits per heavy atom. The van der Waals surface area contributed by atoms with E-state index in [1.54, 1.807) is 4.52 Å². The number of carbonyl (C=O) groups is 1. The predicted octanol–water partition coefficient (Wildman–Crippen LogP) is 2.90. The normalized spacial score (nSPS) is 17.2. The van der Waals surface area contributed by atoms with E-state index < -0.39 is 0 Å². The van der Waals surface area contributed by atoms with Gasteiger partial charge in [0.25, 0.3) is 0 Å². The summed E-state index contributed by atoms with van der Waals surface area (Å²) in [6.45, 7) is 6.06. The molecule has 0 bridgehead atoms. The lowest BCUT2D eigenvalue weighted by molar-refractivity contribution is 0.0232. The minimum Gasteiger partial charge on any atom is -0.473 e. The smallest absolute Gasteiger partial charge is 0.321 e. The van der Waals surface area contributed by atoms with Gasteiger partial charge in [-0.2, -0.15) is 4.52 Å². The predicted molar refractivity (Wildman–Crippen MR) is 143 cm³/mol. The summed E-state index contributed by atoms with van der Waals surface area (Å²) in [5, 5.41) is 20.1. The van der Waals surface area contributed by atoms with E-state index in [4.69, 9.17) is 14.2 Å². The first-order valence-electron chi connectivity index (χ1n) is 12.6. The Kier molecular flexibility index (Phi) is 7.83. The van der Waals surface area contributed by atoms with E-state index >= 15 is 0 Å². The van der Waals surface area contributed by atoms with Crippen LogP contribution in [0.2, 0.25) is 0 Å². The van der Waals surface area contributed by atoms with Crippen LogP contribution in [0.15, 0.2) is 40.4 Å². The van der Waals surface area contributed by atoms with Crippen molar-refractivity contribution in [2.75, 3.05) is 57.9 Å². The molecule has 4 aromatic rings. The number of fused-ring (bicyclic) bond motifs is 2. The zero-order valence-corrected chi connectivity index (χ0v) is 22.3. The number of urea groups is 1. The molecular formula is C24H28N8O4S2. The molecule has 12 nitrogen and oxygen atoms in total. The highest BCUT2D eigenvalue weighted by Crippen LogP contribution is 2.33. The summed E-state index contributed by atoms with van der Waals surface area (Å²) in [6.07, 6.45) is 1.81. The van der Waals surface area contributed by atoms with Gasteiger partial charge in [0.1, 0.15) is 6.10 Å². The molecule has 3 aromatic heterocycles. The van der Waals surface area contributed by atoms with Crippen molar-refractivity contribution in [2.24, 2.45) is 0 Å². The Morgan fingerprint density at radius 3 is 2.82 bits per heavy atom. The van der Waals surface area contributed by atoms with Crippen molar-refractivity contribution in [2.45, 2.75) is 29.0 Å². The molecule has 14 heteroatoms. The van der Waals surface area contributed by atoms with Crippen LogP contribution in [0, 0.1) is 0 Å². The van der Waals surface area contributed by atoms with E-state index in [9.17, 15) is 4.79 Å².